The van der Waals surface area contributed by atoms with E-state index in [1.807, 2.05) is 0 Å². The first-order chi connectivity index (χ1) is 10.7. The van der Waals surface area contributed by atoms with Crippen LogP contribution in [0.4, 0.5) is 0 Å². The number of phenols is 1. The molecule has 3 N–H and O–H groups in total. The second kappa shape index (κ2) is 6.54. The molecular formula is C16H18NO5P. The van der Waals surface area contributed by atoms with Gasteiger partial charge in [0.05, 0.1) is 12.4 Å². The van der Waals surface area contributed by atoms with Crippen molar-refractivity contribution in [3.05, 3.63) is 52.8 Å². The Labute approximate surface area is 134 Å². The number of methoxy groups -OCH3 is 1. The molecule has 0 aliphatic carbocycles. The summed E-state index contributed by atoms with van der Waals surface area (Å²) in [5, 5.41) is 9.71. The molecule has 6 nitrogen and oxygen atoms in total. The summed E-state index contributed by atoms with van der Waals surface area (Å²) in [6.07, 6.45) is 2.80. The largest absolute Gasteiger partial charge is 0.504 e. The van der Waals surface area contributed by atoms with Crippen LogP contribution in [-0.4, -0.2) is 27.0 Å². The average Bonchev–Trinajstić information content (AvgIpc) is 2.48. The Kier molecular flexibility index (Phi) is 4.90. The lowest BCUT2D eigenvalue weighted by Gasteiger charge is -2.12. The fourth-order valence-corrected chi connectivity index (χ4v) is 2.91. The predicted molar refractivity (Wildman–Crippen MR) is 88.3 cm³/mol. The molecule has 0 bridgehead atoms. The first-order valence-electron chi connectivity index (χ1n) is 6.81. The molecule has 7 heteroatoms. The molecule has 1 aromatic carbocycles. The fourth-order valence-electron chi connectivity index (χ4n) is 2.13. The zero-order chi connectivity index (χ0) is 17.2. The van der Waals surface area contributed by atoms with E-state index in [1.54, 1.807) is 32.0 Å². The molecule has 2 rings (SSSR count). The predicted octanol–water partition coefficient (Wildman–Crippen LogP) is 3.09. The second-order valence-corrected chi connectivity index (χ2v) is 6.72. The molecule has 0 radical (unpaired) electrons. The van der Waals surface area contributed by atoms with Gasteiger partial charge in [0, 0.05) is 17.5 Å². The molecule has 0 aliphatic heterocycles. The Morgan fingerprint density at radius 3 is 2.48 bits per heavy atom. The Hall–Kier alpha value is -2.14. The third-order valence-corrected chi connectivity index (χ3v) is 4.35. The molecule has 0 amide bonds. The van der Waals surface area contributed by atoms with Crippen molar-refractivity contribution >= 4 is 19.0 Å². The van der Waals surface area contributed by atoms with Gasteiger partial charge in [0.1, 0.15) is 0 Å². The Morgan fingerprint density at radius 2 is 1.96 bits per heavy atom. The number of rotatable bonds is 4. The van der Waals surface area contributed by atoms with E-state index in [1.165, 1.54) is 25.4 Å². The van der Waals surface area contributed by atoms with Crippen LogP contribution in [0.15, 0.2) is 30.5 Å². The van der Waals surface area contributed by atoms with Gasteiger partial charge in [0.2, 0.25) is 0 Å². The van der Waals surface area contributed by atoms with E-state index >= 15 is 0 Å². The summed E-state index contributed by atoms with van der Waals surface area (Å²) in [4.78, 5) is 23.4. The average molecular weight is 335 g/mol. The standard InChI is InChI=1S/C16H18NO5P/c1-10-6-12(7-14(22-3)16(10)18)8-15(23(19,20)21)13-5-4-11(2)17-9-13/h4-9,18H,1-3H3,(H2,19,20,21). The third-order valence-electron chi connectivity index (χ3n) is 3.33. The van der Waals surface area contributed by atoms with Gasteiger partial charge in [0.25, 0.3) is 0 Å². The number of phenolic OH excluding ortho intramolecular Hbond substituents is 1. The second-order valence-electron chi connectivity index (χ2n) is 5.15. The molecule has 0 saturated heterocycles. The molecular weight excluding hydrogens is 317 g/mol. The van der Waals surface area contributed by atoms with Crippen molar-refractivity contribution in [2.45, 2.75) is 13.8 Å². The van der Waals surface area contributed by atoms with Crippen LogP contribution in [0, 0.1) is 13.8 Å². The van der Waals surface area contributed by atoms with E-state index in [4.69, 9.17) is 4.74 Å². The summed E-state index contributed by atoms with van der Waals surface area (Å²) in [7, 11) is -3.10. The minimum Gasteiger partial charge on any atom is -0.504 e. The summed E-state index contributed by atoms with van der Waals surface area (Å²) in [6.45, 7) is 3.47. The SMILES string of the molecule is COc1cc(C=C(c2ccc(C)nc2)P(=O)(O)O)cc(C)c1O. The highest BCUT2D eigenvalue weighted by Crippen LogP contribution is 2.52. The van der Waals surface area contributed by atoms with Gasteiger partial charge < -0.3 is 19.6 Å². The Bertz CT molecular complexity index is 793. The van der Waals surface area contributed by atoms with Gasteiger partial charge in [-0.3, -0.25) is 9.55 Å². The number of aromatic nitrogens is 1. The van der Waals surface area contributed by atoms with Crippen molar-refractivity contribution in [1.29, 1.82) is 0 Å². The van der Waals surface area contributed by atoms with Crippen molar-refractivity contribution in [2.75, 3.05) is 7.11 Å². The van der Waals surface area contributed by atoms with Crippen molar-refractivity contribution < 1.29 is 24.2 Å². The first kappa shape index (κ1) is 17.2. The van der Waals surface area contributed by atoms with Gasteiger partial charge in [-0.1, -0.05) is 6.07 Å². The number of benzene rings is 1. The van der Waals surface area contributed by atoms with Crippen LogP contribution in [0.25, 0.3) is 11.4 Å². The van der Waals surface area contributed by atoms with Gasteiger partial charge in [-0.05, 0) is 49.2 Å². The van der Waals surface area contributed by atoms with Gasteiger partial charge in [-0.15, -0.1) is 0 Å². The van der Waals surface area contributed by atoms with E-state index in [-0.39, 0.29) is 16.8 Å². The highest BCUT2D eigenvalue weighted by Gasteiger charge is 2.23. The lowest BCUT2D eigenvalue weighted by Crippen LogP contribution is -1.92. The van der Waals surface area contributed by atoms with Crippen LogP contribution in [0.5, 0.6) is 11.5 Å². The molecule has 23 heavy (non-hydrogen) atoms. The Balaban J connectivity index is 2.61. The van der Waals surface area contributed by atoms with Crippen LogP contribution in [-0.2, 0) is 4.57 Å². The lowest BCUT2D eigenvalue weighted by atomic mass is 10.1. The normalized spacial score (nSPS) is 12.3. The third kappa shape index (κ3) is 3.99. The van der Waals surface area contributed by atoms with Crippen LogP contribution in [0.1, 0.15) is 22.4 Å². The maximum absolute atomic E-state index is 11.8. The van der Waals surface area contributed by atoms with Gasteiger partial charge >= 0.3 is 7.60 Å². The fraction of sp³-hybridized carbons (Fsp3) is 0.188. The summed E-state index contributed by atoms with van der Waals surface area (Å²) >= 11 is 0. The molecule has 1 heterocycles. The molecule has 0 atom stereocenters. The molecule has 2 aromatic rings. The number of ether oxygens (including phenoxy) is 1. The summed E-state index contributed by atoms with van der Waals surface area (Å²) in [5.74, 6) is 0.239. The lowest BCUT2D eigenvalue weighted by molar-refractivity contribution is 0.371. The number of nitrogens with zero attached hydrogens (tertiary/aromatic N) is 1. The minimum atomic E-state index is -4.51. The highest BCUT2D eigenvalue weighted by atomic mass is 31.2. The molecule has 0 unspecified atom stereocenters. The van der Waals surface area contributed by atoms with E-state index in [0.717, 1.165) is 5.69 Å². The van der Waals surface area contributed by atoms with Gasteiger partial charge in [-0.2, -0.15) is 0 Å². The van der Waals surface area contributed by atoms with E-state index in [0.29, 0.717) is 16.7 Å². The van der Waals surface area contributed by atoms with E-state index in [9.17, 15) is 19.5 Å². The van der Waals surface area contributed by atoms with Crippen LogP contribution >= 0.6 is 7.60 Å². The Morgan fingerprint density at radius 1 is 1.26 bits per heavy atom. The number of aryl methyl sites for hydroxylation is 2. The molecule has 0 saturated carbocycles. The van der Waals surface area contributed by atoms with Crippen molar-refractivity contribution in [3.8, 4) is 11.5 Å². The van der Waals surface area contributed by atoms with Crippen molar-refractivity contribution in [3.63, 3.8) is 0 Å². The number of pyridine rings is 1. The molecule has 0 aliphatic rings. The van der Waals surface area contributed by atoms with E-state index in [2.05, 4.69) is 4.98 Å². The van der Waals surface area contributed by atoms with Crippen LogP contribution in [0.3, 0.4) is 0 Å². The first-order valence-corrected chi connectivity index (χ1v) is 8.42. The van der Waals surface area contributed by atoms with Crippen LogP contribution < -0.4 is 4.74 Å². The number of hydrogen-bond acceptors (Lipinski definition) is 4. The smallest absolute Gasteiger partial charge is 0.356 e. The molecule has 122 valence electrons. The maximum atomic E-state index is 11.8. The maximum Gasteiger partial charge on any atom is 0.356 e. The monoisotopic (exact) mass is 335 g/mol. The van der Waals surface area contributed by atoms with Crippen LogP contribution in [0.2, 0.25) is 0 Å². The molecule has 0 fully saturated rings. The van der Waals surface area contributed by atoms with Gasteiger partial charge in [-0.25, -0.2) is 0 Å². The van der Waals surface area contributed by atoms with Crippen molar-refractivity contribution in [2.24, 2.45) is 0 Å². The minimum absolute atomic E-state index is 0.000572. The summed E-state index contributed by atoms with van der Waals surface area (Å²) in [6, 6.07) is 6.42. The van der Waals surface area contributed by atoms with Crippen molar-refractivity contribution in [1.82, 2.24) is 4.98 Å². The zero-order valence-corrected chi connectivity index (χ0v) is 13.9. The number of hydrogen-bond donors (Lipinski definition) is 3. The molecule has 0 spiro atoms. The zero-order valence-electron chi connectivity index (χ0n) is 13.0. The summed E-state index contributed by atoms with van der Waals surface area (Å²) < 4.78 is 16.9. The highest BCUT2D eigenvalue weighted by molar-refractivity contribution is 7.63. The molecule has 1 aromatic heterocycles. The van der Waals surface area contributed by atoms with E-state index < -0.39 is 7.60 Å². The topological polar surface area (TPSA) is 99.9 Å². The van der Waals surface area contributed by atoms with Gasteiger partial charge in [0.15, 0.2) is 11.5 Å². The quantitative estimate of drug-likeness (QED) is 0.743. The number of aromatic hydroxyl groups is 1. The summed E-state index contributed by atoms with van der Waals surface area (Å²) in [5.41, 5.74) is 2.15.